The first-order valence-electron chi connectivity index (χ1n) is 13.6. The normalized spacial score (nSPS) is 10.4. The number of hydrogen-bond acceptors (Lipinski definition) is 7. The van der Waals surface area contributed by atoms with Gasteiger partial charge in [-0.2, -0.15) is 5.26 Å². The zero-order chi connectivity index (χ0) is 30.0. The Balaban J connectivity index is 1.34. The fourth-order valence-corrected chi connectivity index (χ4v) is 5.44. The van der Waals surface area contributed by atoms with E-state index in [1.54, 1.807) is 26.4 Å². The van der Waals surface area contributed by atoms with Gasteiger partial charge in [-0.15, -0.1) is 11.8 Å². The van der Waals surface area contributed by atoms with Gasteiger partial charge in [-0.3, -0.25) is 4.79 Å². The van der Waals surface area contributed by atoms with Crippen molar-refractivity contribution in [2.75, 3.05) is 25.3 Å². The van der Waals surface area contributed by atoms with Gasteiger partial charge in [0.15, 0.2) is 11.5 Å². The molecule has 0 radical (unpaired) electrons. The molecule has 1 heterocycles. The van der Waals surface area contributed by atoms with E-state index in [0.717, 1.165) is 16.9 Å². The number of carbonyl (C=O) groups is 1. The molecule has 1 N–H and O–H groups in total. The van der Waals surface area contributed by atoms with E-state index in [9.17, 15) is 10.1 Å². The number of aromatic nitrogens is 1. The molecule has 0 unspecified atom stereocenters. The number of amides is 1. The van der Waals surface area contributed by atoms with Crippen molar-refractivity contribution in [1.82, 2.24) is 4.98 Å². The van der Waals surface area contributed by atoms with Crippen LogP contribution >= 0.6 is 11.8 Å². The summed E-state index contributed by atoms with van der Waals surface area (Å²) in [7, 11) is 3.15. The number of hydrogen-bond donors (Lipinski definition) is 1. The molecule has 0 fully saturated rings. The number of nitrogens with one attached hydrogen (secondary N) is 1. The second kappa shape index (κ2) is 14.1. The molecule has 0 aliphatic heterocycles. The van der Waals surface area contributed by atoms with Crippen LogP contribution in [0.25, 0.3) is 22.4 Å². The van der Waals surface area contributed by atoms with Crippen molar-refractivity contribution in [3.63, 3.8) is 0 Å². The molecule has 0 aliphatic rings. The van der Waals surface area contributed by atoms with E-state index in [-0.39, 0.29) is 12.3 Å². The molecule has 4 aromatic carbocycles. The van der Waals surface area contributed by atoms with Crippen LogP contribution in [-0.4, -0.2) is 30.9 Å². The van der Waals surface area contributed by atoms with Crippen LogP contribution < -0.4 is 19.5 Å². The van der Waals surface area contributed by atoms with Crippen LogP contribution in [0.15, 0.2) is 114 Å². The molecule has 43 heavy (non-hydrogen) atoms. The first-order chi connectivity index (χ1) is 21.1. The number of anilines is 1. The van der Waals surface area contributed by atoms with Crippen LogP contribution in [0.4, 0.5) is 5.69 Å². The van der Waals surface area contributed by atoms with Gasteiger partial charge in [-0.1, -0.05) is 60.7 Å². The van der Waals surface area contributed by atoms with Crippen molar-refractivity contribution in [3.05, 3.63) is 115 Å². The minimum atomic E-state index is -0.142. The standard InChI is InChI=1S/C35H29N3O4S/c1-40-32-15-9-14-28(34(32)41-2)29-22-31(24-10-5-3-6-11-24)38-35(30(29)23-36)43-21-20-33(39)37-25-16-18-27(19-17-25)42-26-12-7-4-8-13-26/h3-19,22H,20-21H2,1-2H3,(H,37,39). The molecular formula is C35H29N3O4S. The number of methoxy groups -OCH3 is 2. The number of nitrogens with zero attached hydrogens (tertiary/aromatic N) is 2. The van der Waals surface area contributed by atoms with Crippen molar-refractivity contribution in [2.45, 2.75) is 11.4 Å². The number of carbonyl (C=O) groups excluding carboxylic acids is 1. The van der Waals surface area contributed by atoms with Gasteiger partial charge >= 0.3 is 0 Å². The molecular weight excluding hydrogens is 558 g/mol. The minimum absolute atomic E-state index is 0.142. The van der Waals surface area contributed by atoms with Gasteiger partial charge in [0.25, 0.3) is 0 Å². The van der Waals surface area contributed by atoms with Gasteiger partial charge in [0.2, 0.25) is 5.91 Å². The largest absolute Gasteiger partial charge is 0.493 e. The highest BCUT2D eigenvalue weighted by Gasteiger charge is 2.20. The molecule has 7 nitrogen and oxygen atoms in total. The number of ether oxygens (including phenoxy) is 3. The van der Waals surface area contributed by atoms with E-state index in [1.807, 2.05) is 97.1 Å². The molecule has 1 amide bonds. The summed E-state index contributed by atoms with van der Waals surface area (Å²) in [4.78, 5) is 17.6. The predicted octanol–water partition coefficient (Wildman–Crippen LogP) is 8.22. The highest BCUT2D eigenvalue weighted by molar-refractivity contribution is 7.99. The zero-order valence-corrected chi connectivity index (χ0v) is 24.6. The van der Waals surface area contributed by atoms with Gasteiger partial charge in [0, 0.05) is 34.6 Å². The van der Waals surface area contributed by atoms with Crippen molar-refractivity contribution in [1.29, 1.82) is 5.26 Å². The highest BCUT2D eigenvalue weighted by Crippen LogP contribution is 2.42. The van der Waals surface area contributed by atoms with Gasteiger partial charge in [0.05, 0.1) is 25.5 Å². The maximum atomic E-state index is 12.8. The average Bonchev–Trinajstić information content (AvgIpc) is 3.05. The van der Waals surface area contributed by atoms with Crippen LogP contribution in [0.3, 0.4) is 0 Å². The van der Waals surface area contributed by atoms with E-state index < -0.39 is 0 Å². The lowest BCUT2D eigenvalue weighted by atomic mass is 9.98. The molecule has 0 saturated heterocycles. The van der Waals surface area contributed by atoms with E-state index in [0.29, 0.717) is 50.5 Å². The Morgan fingerprint density at radius 2 is 1.53 bits per heavy atom. The first kappa shape index (κ1) is 29.2. The van der Waals surface area contributed by atoms with Crippen LogP contribution in [0.1, 0.15) is 12.0 Å². The smallest absolute Gasteiger partial charge is 0.225 e. The topological polar surface area (TPSA) is 93.5 Å². The minimum Gasteiger partial charge on any atom is -0.493 e. The Morgan fingerprint density at radius 1 is 0.837 bits per heavy atom. The van der Waals surface area contributed by atoms with Crippen LogP contribution in [0.2, 0.25) is 0 Å². The Bertz CT molecular complexity index is 1740. The number of rotatable bonds is 11. The van der Waals surface area contributed by atoms with Gasteiger partial charge in [0.1, 0.15) is 22.6 Å². The lowest BCUT2D eigenvalue weighted by molar-refractivity contribution is -0.115. The van der Waals surface area contributed by atoms with Crippen LogP contribution in [-0.2, 0) is 4.79 Å². The SMILES string of the molecule is COc1cccc(-c2cc(-c3ccccc3)nc(SCCC(=O)Nc3ccc(Oc4ccccc4)cc3)c2C#N)c1OC. The van der Waals surface area contributed by atoms with E-state index in [4.69, 9.17) is 19.2 Å². The quantitative estimate of drug-likeness (QED) is 0.156. The molecule has 0 spiro atoms. The first-order valence-corrected chi connectivity index (χ1v) is 14.6. The Kier molecular flexibility index (Phi) is 9.57. The summed E-state index contributed by atoms with van der Waals surface area (Å²) in [5, 5.41) is 13.7. The van der Waals surface area contributed by atoms with Crippen molar-refractivity contribution < 1.29 is 19.0 Å². The highest BCUT2D eigenvalue weighted by atomic mass is 32.2. The lowest BCUT2D eigenvalue weighted by Crippen LogP contribution is -2.12. The molecule has 0 bridgehead atoms. The summed E-state index contributed by atoms with van der Waals surface area (Å²) in [6, 6.07) is 36.3. The van der Waals surface area contributed by atoms with Crippen molar-refractivity contribution in [2.24, 2.45) is 0 Å². The molecule has 0 aliphatic carbocycles. The van der Waals surface area contributed by atoms with Crippen molar-refractivity contribution in [3.8, 4) is 51.5 Å². The number of para-hydroxylation sites is 2. The van der Waals surface area contributed by atoms with Gasteiger partial charge in [-0.05, 0) is 48.5 Å². The Morgan fingerprint density at radius 3 is 2.21 bits per heavy atom. The molecule has 0 atom stereocenters. The second-order valence-corrected chi connectivity index (χ2v) is 10.4. The Hall–Kier alpha value is -5.26. The van der Waals surface area contributed by atoms with Gasteiger partial charge in [-0.25, -0.2) is 4.98 Å². The maximum absolute atomic E-state index is 12.8. The predicted molar refractivity (Wildman–Crippen MR) is 170 cm³/mol. The monoisotopic (exact) mass is 587 g/mol. The third-order valence-electron chi connectivity index (χ3n) is 6.55. The second-order valence-electron chi connectivity index (χ2n) is 9.34. The zero-order valence-electron chi connectivity index (χ0n) is 23.7. The number of thioether (sulfide) groups is 1. The number of nitriles is 1. The van der Waals surface area contributed by atoms with E-state index >= 15 is 0 Å². The number of benzene rings is 4. The summed E-state index contributed by atoms with van der Waals surface area (Å²) < 4.78 is 17.0. The third-order valence-corrected chi connectivity index (χ3v) is 7.52. The lowest BCUT2D eigenvalue weighted by Gasteiger charge is -2.16. The maximum Gasteiger partial charge on any atom is 0.225 e. The molecule has 0 saturated carbocycles. The summed E-state index contributed by atoms with van der Waals surface area (Å²) in [6.45, 7) is 0. The number of pyridine rings is 1. The summed E-state index contributed by atoms with van der Waals surface area (Å²) in [6.07, 6.45) is 0.229. The van der Waals surface area contributed by atoms with E-state index in [1.165, 1.54) is 11.8 Å². The molecule has 5 aromatic rings. The average molecular weight is 588 g/mol. The molecule has 214 valence electrons. The van der Waals surface area contributed by atoms with Gasteiger partial charge < -0.3 is 19.5 Å². The van der Waals surface area contributed by atoms with Crippen LogP contribution in [0, 0.1) is 11.3 Å². The Labute approximate surface area is 255 Å². The summed E-state index contributed by atoms with van der Waals surface area (Å²) >= 11 is 1.37. The molecule has 1 aromatic heterocycles. The summed E-state index contributed by atoms with van der Waals surface area (Å²) in [5.74, 6) is 2.80. The van der Waals surface area contributed by atoms with E-state index in [2.05, 4.69) is 11.4 Å². The molecule has 5 rings (SSSR count). The molecule has 8 heteroatoms. The van der Waals surface area contributed by atoms with Crippen LogP contribution in [0.5, 0.6) is 23.0 Å². The summed E-state index contributed by atoms with van der Waals surface area (Å²) in [5.41, 5.74) is 4.10. The van der Waals surface area contributed by atoms with Crippen molar-refractivity contribution >= 4 is 23.4 Å². The fraction of sp³-hybridized carbons (Fsp3) is 0.114. The third kappa shape index (κ3) is 7.15. The fourth-order valence-electron chi connectivity index (χ4n) is 4.50.